The fourth-order valence-corrected chi connectivity index (χ4v) is 4.84. The number of nitrogens with zero attached hydrogens (tertiary/aromatic N) is 2. The Morgan fingerprint density at radius 3 is 2.67 bits per heavy atom. The quantitative estimate of drug-likeness (QED) is 0.436. The van der Waals surface area contributed by atoms with Crippen LogP contribution in [0.3, 0.4) is 0 Å². The molecule has 0 N–H and O–H groups in total. The summed E-state index contributed by atoms with van der Waals surface area (Å²) in [5.74, 6) is 1.62. The van der Waals surface area contributed by atoms with E-state index in [1.54, 1.807) is 22.7 Å². The van der Waals surface area contributed by atoms with Crippen LogP contribution in [0.4, 0.5) is 0 Å². The standard InChI is InChI=1S/C20H16N2O2S2.ClH/c1-2-5-18-14(4-1)21-20(26-18)11-19-22-15(12-25-19)13-6-7-16-17(10-13)24-9-3-8-23-16;/h1-2,4-7,10,12H,3,8-9,11H2;1H. The van der Waals surface area contributed by atoms with Gasteiger partial charge in [0.25, 0.3) is 0 Å². The molecule has 7 heteroatoms. The minimum Gasteiger partial charge on any atom is -0.490 e. The Hall–Kier alpha value is -2.15. The van der Waals surface area contributed by atoms with Gasteiger partial charge in [0.1, 0.15) is 10.0 Å². The molecule has 0 saturated heterocycles. The third-order valence-electron chi connectivity index (χ3n) is 4.24. The molecule has 0 spiro atoms. The molecule has 0 aliphatic carbocycles. The zero-order valence-corrected chi connectivity index (χ0v) is 16.8. The van der Waals surface area contributed by atoms with Crippen molar-refractivity contribution < 1.29 is 9.47 Å². The molecule has 0 atom stereocenters. The number of hydrogen-bond acceptors (Lipinski definition) is 6. The second-order valence-corrected chi connectivity index (χ2v) is 8.15. The molecule has 0 amide bonds. The van der Waals surface area contributed by atoms with Gasteiger partial charge in [-0.2, -0.15) is 0 Å². The van der Waals surface area contributed by atoms with Crippen molar-refractivity contribution >= 4 is 45.3 Å². The van der Waals surface area contributed by atoms with Crippen LogP contribution in [0.25, 0.3) is 21.5 Å². The average Bonchev–Trinajstić information content (AvgIpc) is 3.22. The number of para-hydroxylation sites is 1. The van der Waals surface area contributed by atoms with Gasteiger partial charge in [0.05, 0.1) is 35.5 Å². The van der Waals surface area contributed by atoms with Gasteiger partial charge in [0.2, 0.25) is 0 Å². The highest BCUT2D eigenvalue weighted by atomic mass is 35.5. The average molecular weight is 417 g/mol. The molecule has 1 aliphatic heterocycles. The van der Waals surface area contributed by atoms with E-state index in [0.29, 0.717) is 13.2 Å². The summed E-state index contributed by atoms with van der Waals surface area (Å²) >= 11 is 3.41. The maximum absolute atomic E-state index is 5.79. The highest BCUT2D eigenvalue weighted by Crippen LogP contribution is 2.35. The first-order chi connectivity index (χ1) is 12.8. The second-order valence-electron chi connectivity index (χ2n) is 6.09. The van der Waals surface area contributed by atoms with E-state index in [1.807, 2.05) is 24.3 Å². The predicted octanol–water partition coefficient (Wildman–Crippen LogP) is 5.59. The molecule has 0 bridgehead atoms. The summed E-state index contributed by atoms with van der Waals surface area (Å²) in [5, 5.41) is 4.28. The fourth-order valence-electron chi connectivity index (χ4n) is 2.97. The normalized spacial score (nSPS) is 13.2. The molecule has 0 radical (unpaired) electrons. The Labute approximate surface area is 171 Å². The third-order valence-corrected chi connectivity index (χ3v) is 6.12. The van der Waals surface area contributed by atoms with Crippen molar-refractivity contribution in [1.82, 2.24) is 9.97 Å². The van der Waals surface area contributed by atoms with Crippen molar-refractivity contribution in [2.75, 3.05) is 13.2 Å². The van der Waals surface area contributed by atoms with Crippen molar-refractivity contribution in [2.24, 2.45) is 0 Å². The van der Waals surface area contributed by atoms with Gasteiger partial charge in [0, 0.05) is 17.4 Å². The number of benzene rings is 2. The molecule has 3 heterocycles. The Balaban J connectivity index is 0.00000180. The summed E-state index contributed by atoms with van der Waals surface area (Å²) in [6.07, 6.45) is 1.68. The molecule has 0 fully saturated rings. The van der Waals surface area contributed by atoms with Crippen LogP contribution >= 0.6 is 35.1 Å². The van der Waals surface area contributed by atoms with E-state index in [4.69, 9.17) is 19.4 Å². The highest BCUT2D eigenvalue weighted by molar-refractivity contribution is 7.18. The smallest absolute Gasteiger partial charge is 0.161 e. The molecule has 0 unspecified atom stereocenters. The van der Waals surface area contributed by atoms with Crippen molar-refractivity contribution in [3.05, 3.63) is 57.9 Å². The van der Waals surface area contributed by atoms with Gasteiger partial charge in [-0.05, 0) is 30.3 Å². The molecular weight excluding hydrogens is 400 g/mol. The molecular formula is C20H17ClN2O2S2. The van der Waals surface area contributed by atoms with Crippen molar-refractivity contribution in [1.29, 1.82) is 0 Å². The van der Waals surface area contributed by atoms with Crippen LogP contribution in [-0.4, -0.2) is 23.2 Å². The lowest BCUT2D eigenvalue weighted by atomic mass is 10.1. The molecule has 5 rings (SSSR count). The summed E-state index contributed by atoms with van der Waals surface area (Å²) in [6, 6.07) is 14.3. The Morgan fingerprint density at radius 2 is 1.78 bits per heavy atom. The zero-order valence-electron chi connectivity index (χ0n) is 14.4. The fraction of sp³-hybridized carbons (Fsp3) is 0.200. The molecule has 0 saturated carbocycles. The topological polar surface area (TPSA) is 44.2 Å². The minimum atomic E-state index is 0. The van der Waals surface area contributed by atoms with Gasteiger partial charge in [-0.1, -0.05) is 12.1 Å². The van der Waals surface area contributed by atoms with Gasteiger partial charge in [0.15, 0.2) is 11.5 Å². The van der Waals surface area contributed by atoms with Gasteiger partial charge in [-0.15, -0.1) is 35.1 Å². The van der Waals surface area contributed by atoms with E-state index < -0.39 is 0 Å². The molecule has 138 valence electrons. The summed E-state index contributed by atoms with van der Waals surface area (Å²) in [5.41, 5.74) is 3.09. The number of thiazole rings is 2. The van der Waals surface area contributed by atoms with Crippen LogP contribution in [0, 0.1) is 0 Å². The third kappa shape index (κ3) is 3.78. The number of fused-ring (bicyclic) bond motifs is 2. The first kappa shape index (κ1) is 18.2. The number of hydrogen-bond donors (Lipinski definition) is 0. The molecule has 1 aliphatic rings. The molecule has 4 nitrogen and oxygen atoms in total. The number of ether oxygens (including phenoxy) is 2. The molecule has 2 aromatic heterocycles. The predicted molar refractivity (Wildman–Crippen MR) is 113 cm³/mol. The van der Waals surface area contributed by atoms with Gasteiger partial charge in [-0.3, -0.25) is 0 Å². The number of rotatable bonds is 3. The Bertz CT molecular complexity index is 1040. The molecule has 4 aromatic rings. The van der Waals surface area contributed by atoms with Gasteiger partial charge in [-0.25, -0.2) is 9.97 Å². The lowest BCUT2D eigenvalue weighted by Gasteiger charge is -2.08. The van der Waals surface area contributed by atoms with Crippen LogP contribution in [0.15, 0.2) is 47.8 Å². The van der Waals surface area contributed by atoms with E-state index in [9.17, 15) is 0 Å². The van der Waals surface area contributed by atoms with Crippen LogP contribution in [-0.2, 0) is 6.42 Å². The maximum atomic E-state index is 5.79. The van der Waals surface area contributed by atoms with Crippen molar-refractivity contribution in [2.45, 2.75) is 12.8 Å². The van der Waals surface area contributed by atoms with Crippen LogP contribution < -0.4 is 9.47 Å². The van der Waals surface area contributed by atoms with Crippen LogP contribution in [0.2, 0.25) is 0 Å². The van der Waals surface area contributed by atoms with Gasteiger partial charge < -0.3 is 9.47 Å². The van der Waals surface area contributed by atoms with Crippen molar-refractivity contribution in [3.8, 4) is 22.8 Å². The van der Waals surface area contributed by atoms with E-state index in [2.05, 4.69) is 23.6 Å². The minimum absolute atomic E-state index is 0. The number of halogens is 1. The SMILES string of the molecule is Cl.c1ccc2sc(Cc3nc(-c4ccc5c(c4)OCCCO5)cs3)nc2c1. The van der Waals surface area contributed by atoms with Crippen molar-refractivity contribution in [3.63, 3.8) is 0 Å². The first-order valence-electron chi connectivity index (χ1n) is 8.54. The summed E-state index contributed by atoms with van der Waals surface area (Å²) in [6.45, 7) is 1.39. The van der Waals surface area contributed by atoms with Crippen LogP contribution in [0.5, 0.6) is 11.5 Å². The summed E-state index contributed by atoms with van der Waals surface area (Å²) in [4.78, 5) is 9.51. The Morgan fingerprint density at radius 1 is 0.926 bits per heavy atom. The largest absolute Gasteiger partial charge is 0.490 e. The zero-order chi connectivity index (χ0) is 17.3. The highest BCUT2D eigenvalue weighted by Gasteiger charge is 2.14. The Kier molecular flexibility index (Phi) is 5.29. The monoisotopic (exact) mass is 416 g/mol. The second kappa shape index (κ2) is 7.84. The number of aromatic nitrogens is 2. The van der Waals surface area contributed by atoms with Gasteiger partial charge >= 0.3 is 0 Å². The van der Waals surface area contributed by atoms with E-state index in [0.717, 1.165) is 51.1 Å². The summed E-state index contributed by atoms with van der Waals surface area (Å²) < 4.78 is 12.7. The van der Waals surface area contributed by atoms with Crippen LogP contribution in [0.1, 0.15) is 16.4 Å². The molecule has 2 aromatic carbocycles. The van der Waals surface area contributed by atoms with E-state index in [1.165, 1.54) is 4.70 Å². The lowest BCUT2D eigenvalue weighted by Crippen LogP contribution is -1.97. The van der Waals surface area contributed by atoms with E-state index in [-0.39, 0.29) is 12.4 Å². The van der Waals surface area contributed by atoms with E-state index >= 15 is 0 Å². The maximum Gasteiger partial charge on any atom is 0.161 e. The summed E-state index contributed by atoms with van der Waals surface area (Å²) in [7, 11) is 0. The molecule has 27 heavy (non-hydrogen) atoms. The lowest BCUT2D eigenvalue weighted by molar-refractivity contribution is 0.297. The first-order valence-corrected chi connectivity index (χ1v) is 10.2.